The smallest absolute Gasteiger partial charge is 0.299 e. The number of nitrogens with two attached hydrogens (primary N) is 2. The Hall–Kier alpha value is -1.36. The van der Waals surface area contributed by atoms with Crippen molar-refractivity contribution in [3.05, 3.63) is 34.0 Å². The van der Waals surface area contributed by atoms with E-state index in [0.29, 0.717) is 5.70 Å². The van der Waals surface area contributed by atoms with E-state index in [2.05, 4.69) is 0 Å². The molecule has 0 bridgehead atoms. The lowest BCUT2D eigenvalue weighted by molar-refractivity contribution is -0.561. The van der Waals surface area contributed by atoms with Gasteiger partial charge in [-0.1, -0.05) is 13.0 Å². The van der Waals surface area contributed by atoms with E-state index in [4.69, 9.17) is 11.5 Å². The van der Waals surface area contributed by atoms with Crippen molar-refractivity contribution in [3.8, 4) is 0 Å². The summed E-state index contributed by atoms with van der Waals surface area (Å²) in [4.78, 5) is 10.1. The lowest BCUT2D eigenvalue weighted by atomic mass is 9.90. The van der Waals surface area contributed by atoms with E-state index in [1.807, 2.05) is 0 Å². The first-order valence-electron chi connectivity index (χ1n) is 3.56. The van der Waals surface area contributed by atoms with E-state index in [1.165, 1.54) is 6.08 Å². The van der Waals surface area contributed by atoms with Crippen LogP contribution in [0.1, 0.15) is 6.92 Å². The molecule has 12 heavy (non-hydrogen) atoms. The van der Waals surface area contributed by atoms with Gasteiger partial charge in [0, 0.05) is 16.7 Å². The third-order valence-corrected chi connectivity index (χ3v) is 2.02. The number of hydrogen-bond donors (Lipinski definition) is 2. The van der Waals surface area contributed by atoms with E-state index >= 15 is 0 Å². The third kappa shape index (κ3) is 1.18. The molecule has 5 nitrogen and oxygen atoms in total. The van der Waals surface area contributed by atoms with E-state index in [-0.39, 0.29) is 5.92 Å². The van der Waals surface area contributed by atoms with Crippen LogP contribution in [0.25, 0.3) is 0 Å². The van der Waals surface area contributed by atoms with Gasteiger partial charge in [0.25, 0.3) is 5.66 Å². The SMILES string of the molecule is CC1C=CC(N)=CC1(N)[N+](=O)[O-]. The lowest BCUT2D eigenvalue weighted by Gasteiger charge is -2.24. The summed E-state index contributed by atoms with van der Waals surface area (Å²) in [6, 6.07) is 0. The predicted molar refractivity (Wildman–Crippen MR) is 44.5 cm³/mol. The monoisotopic (exact) mass is 169 g/mol. The second-order valence-corrected chi connectivity index (χ2v) is 2.94. The summed E-state index contributed by atoms with van der Waals surface area (Å²) in [7, 11) is 0. The van der Waals surface area contributed by atoms with Gasteiger partial charge in [0.1, 0.15) is 0 Å². The Morgan fingerprint density at radius 3 is 2.75 bits per heavy atom. The van der Waals surface area contributed by atoms with Crippen LogP contribution in [0.3, 0.4) is 0 Å². The highest BCUT2D eigenvalue weighted by atomic mass is 16.6. The minimum Gasteiger partial charge on any atom is -0.399 e. The van der Waals surface area contributed by atoms with Crippen molar-refractivity contribution in [1.82, 2.24) is 0 Å². The molecule has 1 aliphatic carbocycles. The molecule has 4 N–H and O–H groups in total. The van der Waals surface area contributed by atoms with Crippen LogP contribution in [0, 0.1) is 16.0 Å². The van der Waals surface area contributed by atoms with Gasteiger partial charge in [0.05, 0.1) is 5.92 Å². The van der Waals surface area contributed by atoms with E-state index in [0.717, 1.165) is 0 Å². The molecule has 66 valence electrons. The molecular weight excluding hydrogens is 158 g/mol. The molecular formula is C7H11N3O2. The van der Waals surface area contributed by atoms with E-state index in [1.54, 1.807) is 19.1 Å². The molecule has 2 unspecified atom stereocenters. The van der Waals surface area contributed by atoms with E-state index < -0.39 is 10.6 Å². The molecule has 0 saturated heterocycles. The quantitative estimate of drug-likeness (QED) is 0.327. The van der Waals surface area contributed by atoms with Crippen LogP contribution >= 0.6 is 0 Å². The zero-order chi connectivity index (χ0) is 9.35. The second-order valence-electron chi connectivity index (χ2n) is 2.94. The number of hydrogen-bond acceptors (Lipinski definition) is 4. The molecule has 1 rings (SSSR count). The fraction of sp³-hybridized carbons (Fsp3) is 0.429. The summed E-state index contributed by atoms with van der Waals surface area (Å²) in [5, 5.41) is 10.6. The van der Waals surface area contributed by atoms with Crippen LogP contribution < -0.4 is 11.5 Å². The van der Waals surface area contributed by atoms with Gasteiger partial charge < -0.3 is 5.73 Å². The van der Waals surface area contributed by atoms with Gasteiger partial charge in [0.15, 0.2) is 0 Å². The topological polar surface area (TPSA) is 95.2 Å². The molecule has 0 saturated carbocycles. The summed E-state index contributed by atoms with van der Waals surface area (Å²) >= 11 is 0. The van der Waals surface area contributed by atoms with Crippen molar-refractivity contribution in [1.29, 1.82) is 0 Å². The summed E-state index contributed by atoms with van der Waals surface area (Å²) in [5.41, 5.74) is 9.73. The first-order valence-corrected chi connectivity index (χ1v) is 3.56. The largest absolute Gasteiger partial charge is 0.399 e. The first-order chi connectivity index (χ1) is 5.47. The van der Waals surface area contributed by atoms with Gasteiger partial charge in [-0.25, -0.2) is 0 Å². The molecule has 0 aliphatic heterocycles. The Morgan fingerprint density at radius 2 is 2.33 bits per heavy atom. The molecule has 0 heterocycles. The van der Waals surface area contributed by atoms with Gasteiger partial charge in [0.2, 0.25) is 0 Å². The van der Waals surface area contributed by atoms with Crippen molar-refractivity contribution in [3.63, 3.8) is 0 Å². The Labute approximate surface area is 69.9 Å². The minimum atomic E-state index is -1.54. The van der Waals surface area contributed by atoms with Crippen LogP contribution in [0.5, 0.6) is 0 Å². The first kappa shape index (κ1) is 8.73. The molecule has 5 heteroatoms. The van der Waals surface area contributed by atoms with Crippen molar-refractivity contribution < 1.29 is 4.92 Å². The molecule has 2 atom stereocenters. The summed E-state index contributed by atoms with van der Waals surface area (Å²) in [6.07, 6.45) is 4.54. The van der Waals surface area contributed by atoms with Gasteiger partial charge >= 0.3 is 0 Å². The second kappa shape index (κ2) is 2.60. The van der Waals surface area contributed by atoms with E-state index in [9.17, 15) is 10.1 Å². The summed E-state index contributed by atoms with van der Waals surface area (Å²) in [6.45, 7) is 1.68. The Bertz CT molecular complexity index is 272. The lowest BCUT2D eigenvalue weighted by Crippen LogP contribution is -2.52. The number of nitro groups is 1. The molecule has 0 spiro atoms. The molecule has 0 radical (unpaired) electrons. The predicted octanol–water partition coefficient (Wildman–Crippen LogP) is -0.0334. The highest BCUT2D eigenvalue weighted by molar-refractivity contribution is 5.26. The van der Waals surface area contributed by atoms with Gasteiger partial charge in [-0.05, 0) is 6.08 Å². The van der Waals surface area contributed by atoms with Gasteiger partial charge in [-0.3, -0.25) is 15.8 Å². The molecule has 0 amide bonds. The van der Waals surface area contributed by atoms with Crippen molar-refractivity contribution >= 4 is 0 Å². The molecule has 1 aliphatic rings. The average molecular weight is 169 g/mol. The van der Waals surface area contributed by atoms with Crippen molar-refractivity contribution in [2.75, 3.05) is 0 Å². The molecule has 0 fully saturated rings. The molecule has 0 aromatic carbocycles. The summed E-state index contributed by atoms with van der Waals surface area (Å²) in [5.74, 6) is -0.334. The highest BCUT2D eigenvalue weighted by Crippen LogP contribution is 2.23. The Kier molecular flexibility index (Phi) is 1.89. The summed E-state index contributed by atoms with van der Waals surface area (Å²) < 4.78 is 0. The maximum atomic E-state index is 10.6. The van der Waals surface area contributed by atoms with Crippen LogP contribution in [-0.2, 0) is 0 Å². The Morgan fingerprint density at radius 1 is 1.75 bits per heavy atom. The van der Waals surface area contributed by atoms with Crippen molar-refractivity contribution in [2.45, 2.75) is 12.6 Å². The van der Waals surface area contributed by atoms with Crippen molar-refractivity contribution in [2.24, 2.45) is 17.4 Å². The van der Waals surface area contributed by atoms with Gasteiger partial charge in [-0.15, -0.1) is 0 Å². The standard InChI is InChI=1S/C7H11N3O2/c1-5-2-3-6(8)4-7(5,9)10(11)12/h2-5H,8-9H2,1H3. The number of allylic oxidation sites excluding steroid dienone is 1. The normalized spacial score (nSPS) is 34.5. The Balaban J connectivity index is 3.05. The van der Waals surface area contributed by atoms with Gasteiger partial charge in [-0.2, -0.15) is 0 Å². The fourth-order valence-electron chi connectivity index (χ4n) is 1.08. The van der Waals surface area contributed by atoms with Crippen LogP contribution in [0.2, 0.25) is 0 Å². The fourth-order valence-corrected chi connectivity index (χ4v) is 1.08. The third-order valence-electron chi connectivity index (χ3n) is 2.02. The van der Waals surface area contributed by atoms with Crippen LogP contribution in [-0.4, -0.2) is 10.6 Å². The zero-order valence-electron chi connectivity index (χ0n) is 6.73. The minimum absolute atomic E-state index is 0.334. The zero-order valence-corrected chi connectivity index (χ0v) is 6.73. The maximum absolute atomic E-state index is 10.6. The average Bonchev–Trinajstić information content (AvgIpc) is 1.97. The van der Waals surface area contributed by atoms with Crippen LogP contribution in [0.15, 0.2) is 23.9 Å². The highest BCUT2D eigenvalue weighted by Gasteiger charge is 2.42. The van der Waals surface area contributed by atoms with Crippen LogP contribution in [0.4, 0.5) is 0 Å². The molecule has 0 aromatic heterocycles. The number of nitrogens with zero attached hydrogens (tertiary/aromatic N) is 1. The molecule has 0 aromatic rings. The maximum Gasteiger partial charge on any atom is 0.299 e. The number of rotatable bonds is 1.